The van der Waals surface area contributed by atoms with Crippen molar-refractivity contribution in [3.63, 3.8) is 0 Å². The smallest absolute Gasteiger partial charge is 0.226 e. The summed E-state index contributed by atoms with van der Waals surface area (Å²) in [6.45, 7) is 7.00. The number of furan rings is 1. The van der Waals surface area contributed by atoms with E-state index in [2.05, 4.69) is 11.8 Å². The van der Waals surface area contributed by atoms with Crippen molar-refractivity contribution >= 4 is 5.91 Å². The molecule has 5 heteroatoms. The Hall–Kier alpha value is -2.14. The molecule has 0 aliphatic carbocycles. The van der Waals surface area contributed by atoms with Crippen molar-refractivity contribution in [1.82, 2.24) is 9.80 Å². The van der Waals surface area contributed by atoms with Crippen LogP contribution >= 0.6 is 0 Å². The van der Waals surface area contributed by atoms with E-state index < -0.39 is 0 Å². The Morgan fingerprint density at radius 3 is 2.63 bits per heavy atom. The number of carbonyl (C=O) groups excluding carboxylic acids is 1. The fourth-order valence-corrected chi connectivity index (χ4v) is 3.68. The van der Waals surface area contributed by atoms with Gasteiger partial charge in [-0.2, -0.15) is 0 Å². The Balaban J connectivity index is 1.62. The van der Waals surface area contributed by atoms with E-state index in [9.17, 15) is 9.18 Å². The van der Waals surface area contributed by atoms with E-state index >= 15 is 0 Å². The van der Waals surface area contributed by atoms with Gasteiger partial charge in [-0.05, 0) is 57.5 Å². The second kappa shape index (κ2) is 9.18. The van der Waals surface area contributed by atoms with Crippen LogP contribution in [0.4, 0.5) is 4.39 Å². The molecular formula is C22H29FN2O2. The summed E-state index contributed by atoms with van der Waals surface area (Å²) in [5.41, 5.74) is 0.585. The number of benzene rings is 1. The van der Waals surface area contributed by atoms with Crippen LogP contribution in [0.2, 0.25) is 0 Å². The molecule has 1 atom stereocenters. The van der Waals surface area contributed by atoms with Crippen LogP contribution in [0.5, 0.6) is 0 Å². The quantitative estimate of drug-likeness (QED) is 0.720. The van der Waals surface area contributed by atoms with Crippen LogP contribution in [0, 0.1) is 11.7 Å². The largest absolute Gasteiger partial charge is 0.468 e. The van der Waals surface area contributed by atoms with Gasteiger partial charge in [-0.25, -0.2) is 4.39 Å². The van der Waals surface area contributed by atoms with Crippen molar-refractivity contribution in [2.75, 3.05) is 13.1 Å². The normalized spacial score (nSPS) is 17.0. The minimum atomic E-state index is -0.244. The average Bonchev–Trinajstić information content (AvgIpc) is 3.20. The zero-order valence-corrected chi connectivity index (χ0v) is 16.2. The summed E-state index contributed by atoms with van der Waals surface area (Å²) in [7, 11) is 0. The number of hydrogen-bond acceptors (Lipinski definition) is 3. The van der Waals surface area contributed by atoms with E-state index in [0.29, 0.717) is 12.1 Å². The van der Waals surface area contributed by atoms with Gasteiger partial charge in [0, 0.05) is 24.1 Å². The van der Waals surface area contributed by atoms with E-state index in [4.69, 9.17) is 4.42 Å². The Kier molecular flexibility index (Phi) is 6.67. The number of likely N-dealkylation sites (tertiary alicyclic amines) is 1. The average molecular weight is 372 g/mol. The minimum absolute atomic E-state index is 0.0126. The van der Waals surface area contributed by atoms with Gasteiger partial charge in [0.15, 0.2) is 0 Å². The molecule has 1 aliphatic rings. The fraction of sp³-hybridized carbons (Fsp3) is 0.500. The summed E-state index contributed by atoms with van der Waals surface area (Å²) in [6.07, 6.45) is 4.23. The second-order valence-corrected chi connectivity index (χ2v) is 7.44. The molecule has 146 valence electrons. The molecule has 27 heavy (non-hydrogen) atoms. The second-order valence-electron chi connectivity index (χ2n) is 7.44. The molecule has 1 saturated heterocycles. The van der Waals surface area contributed by atoms with Gasteiger partial charge in [0.1, 0.15) is 11.6 Å². The topological polar surface area (TPSA) is 36.7 Å². The van der Waals surface area contributed by atoms with Crippen LogP contribution in [0.15, 0.2) is 47.1 Å². The molecule has 4 nitrogen and oxygen atoms in total. The molecule has 1 amide bonds. The van der Waals surface area contributed by atoms with Gasteiger partial charge in [0.05, 0.1) is 12.8 Å². The fourth-order valence-electron chi connectivity index (χ4n) is 3.68. The predicted molar refractivity (Wildman–Crippen MR) is 103 cm³/mol. The van der Waals surface area contributed by atoms with Crippen molar-refractivity contribution in [2.24, 2.45) is 5.92 Å². The first-order valence-corrected chi connectivity index (χ1v) is 9.87. The molecule has 0 N–H and O–H groups in total. The van der Waals surface area contributed by atoms with Crippen LogP contribution in [-0.2, 0) is 17.9 Å². The van der Waals surface area contributed by atoms with Crippen LogP contribution in [0.3, 0.4) is 0 Å². The van der Waals surface area contributed by atoms with Crippen LogP contribution in [0.1, 0.15) is 44.4 Å². The number of halogens is 1. The van der Waals surface area contributed by atoms with Gasteiger partial charge in [-0.3, -0.25) is 9.69 Å². The number of rotatable bonds is 7. The molecule has 1 aliphatic heterocycles. The first kappa shape index (κ1) is 19.6. The van der Waals surface area contributed by atoms with Gasteiger partial charge in [-0.1, -0.05) is 25.1 Å². The summed E-state index contributed by atoms with van der Waals surface area (Å²) in [6, 6.07) is 10.7. The van der Waals surface area contributed by atoms with Gasteiger partial charge >= 0.3 is 0 Å². The van der Waals surface area contributed by atoms with E-state index in [-0.39, 0.29) is 23.7 Å². The molecule has 0 bridgehead atoms. The third kappa shape index (κ3) is 4.98. The lowest BCUT2D eigenvalue weighted by molar-refractivity contribution is -0.140. The van der Waals surface area contributed by atoms with Crippen LogP contribution in [0.25, 0.3) is 0 Å². The summed E-state index contributed by atoms with van der Waals surface area (Å²) in [4.78, 5) is 17.4. The summed E-state index contributed by atoms with van der Waals surface area (Å²) in [5, 5.41) is 0. The van der Waals surface area contributed by atoms with E-state index in [1.807, 2.05) is 30.0 Å². The first-order chi connectivity index (χ1) is 13.1. The Morgan fingerprint density at radius 1 is 1.26 bits per heavy atom. The molecule has 1 aromatic carbocycles. The third-order valence-electron chi connectivity index (χ3n) is 5.60. The highest BCUT2D eigenvalue weighted by Crippen LogP contribution is 2.24. The van der Waals surface area contributed by atoms with Gasteiger partial charge in [0.2, 0.25) is 5.91 Å². The van der Waals surface area contributed by atoms with Crippen molar-refractivity contribution in [1.29, 1.82) is 0 Å². The molecule has 0 unspecified atom stereocenters. The Morgan fingerprint density at radius 2 is 2.00 bits per heavy atom. The Bertz CT molecular complexity index is 724. The van der Waals surface area contributed by atoms with Crippen LogP contribution < -0.4 is 0 Å². The van der Waals surface area contributed by atoms with Crippen molar-refractivity contribution in [3.05, 3.63) is 59.8 Å². The van der Waals surface area contributed by atoms with E-state index in [0.717, 1.165) is 44.7 Å². The molecule has 0 spiro atoms. The molecule has 1 aromatic heterocycles. The Labute approximate surface area is 161 Å². The van der Waals surface area contributed by atoms with Gasteiger partial charge in [0.25, 0.3) is 0 Å². The molecule has 2 aromatic rings. The number of piperidine rings is 1. The highest BCUT2D eigenvalue weighted by atomic mass is 19.1. The number of hydrogen-bond donors (Lipinski definition) is 0. The van der Waals surface area contributed by atoms with Crippen molar-refractivity contribution < 1.29 is 13.6 Å². The summed E-state index contributed by atoms with van der Waals surface area (Å²) < 4.78 is 19.5. The van der Waals surface area contributed by atoms with Crippen molar-refractivity contribution in [2.45, 2.75) is 52.2 Å². The van der Waals surface area contributed by atoms with Gasteiger partial charge in [-0.15, -0.1) is 0 Å². The maximum Gasteiger partial charge on any atom is 0.226 e. The van der Waals surface area contributed by atoms with E-state index in [1.165, 1.54) is 6.07 Å². The van der Waals surface area contributed by atoms with Crippen LogP contribution in [-0.4, -0.2) is 34.8 Å². The molecule has 1 fully saturated rings. The maximum absolute atomic E-state index is 14.1. The predicted octanol–water partition coefficient (Wildman–Crippen LogP) is 4.46. The zero-order chi connectivity index (χ0) is 19.2. The van der Waals surface area contributed by atoms with Crippen molar-refractivity contribution in [3.8, 4) is 0 Å². The highest BCUT2D eigenvalue weighted by Gasteiger charge is 2.31. The summed E-state index contributed by atoms with van der Waals surface area (Å²) >= 11 is 0. The van der Waals surface area contributed by atoms with Gasteiger partial charge < -0.3 is 9.32 Å². The lowest BCUT2D eigenvalue weighted by atomic mass is 9.94. The standard InChI is InChI=1S/C22H29FN2O2/c1-3-17(2)25(15-19-7-4-5-9-21(19)23)22(26)18-10-12-24(13-11-18)16-20-8-6-14-27-20/h4-9,14,17-18H,3,10-13,15-16H2,1-2H3/t17-/m1/s1. The molecule has 2 heterocycles. The SMILES string of the molecule is CC[C@@H](C)N(Cc1ccccc1F)C(=O)C1CCN(Cc2ccco2)CC1. The molecule has 0 saturated carbocycles. The number of amides is 1. The molecule has 3 rings (SSSR count). The highest BCUT2D eigenvalue weighted by molar-refractivity contribution is 5.79. The molecular weight excluding hydrogens is 343 g/mol. The lowest BCUT2D eigenvalue weighted by Crippen LogP contribution is -2.45. The number of nitrogens with zero attached hydrogens (tertiary/aromatic N) is 2. The van der Waals surface area contributed by atoms with E-state index in [1.54, 1.807) is 18.4 Å². The lowest BCUT2D eigenvalue weighted by Gasteiger charge is -2.36. The minimum Gasteiger partial charge on any atom is -0.468 e. The maximum atomic E-state index is 14.1. The zero-order valence-electron chi connectivity index (χ0n) is 16.2. The third-order valence-corrected chi connectivity index (χ3v) is 5.60. The summed E-state index contributed by atoms with van der Waals surface area (Å²) in [5.74, 6) is 0.885. The number of carbonyl (C=O) groups is 1. The monoisotopic (exact) mass is 372 g/mol. The first-order valence-electron chi connectivity index (χ1n) is 9.87. The molecule has 0 radical (unpaired) electrons.